The molecule has 0 aromatic heterocycles. The van der Waals surface area contributed by atoms with Crippen LogP contribution in [0.2, 0.25) is 0 Å². The zero-order valence-electron chi connectivity index (χ0n) is 13.5. The number of nitrogens with two attached hydrogens (primary N) is 1. The van der Waals surface area contributed by atoms with Crippen LogP contribution >= 0.6 is 0 Å². The Morgan fingerprint density at radius 1 is 1.33 bits per heavy atom. The summed E-state index contributed by atoms with van der Waals surface area (Å²) in [7, 11) is 0. The van der Waals surface area contributed by atoms with Crippen LogP contribution in [0.25, 0.3) is 0 Å². The molecule has 0 radical (unpaired) electrons. The number of phenols is 1. The second-order valence-corrected chi connectivity index (χ2v) is 8.21. The van der Waals surface area contributed by atoms with E-state index in [0.717, 1.165) is 18.9 Å². The summed E-state index contributed by atoms with van der Waals surface area (Å²) >= 11 is -5.25. The standard InChI is InChI=1S/C8H10AsNO5.C6H13NO2/c1-5(11)10-6-3-2-4-7(12)8(6)9(13,14)15;1-2-3-4-5(7)6(8)9/h2-4,12H,1H3,(H,10,11)(H2,13,14,15);5H,2-4,7H2,1H3,(H,8,9)/t;5-/m.1/s1. The zero-order valence-corrected chi connectivity index (χ0v) is 15.3. The van der Waals surface area contributed by atoms with Crippen LogP contribution in [0.4, 0.5) is 5.69 Å². The van der Waals surface area contributed by atoms with E-state index in [2.05, 4.69) is 5.32 Å². The number of carboxylic acids is 1. The van der Waals surface area contributed by atoms with Crippen LogP contribution < -0.4 is 15.4 Å². The first-order chi connectivity index (χ1) is 11.0. The molecule has 0 unspecified atom stereocenters. The number of carbonyl (C=O) groups excluding carboxylic acids is 1. The van der Waals surface area contributed by atoms with Crippen LogP contribution in [0.1, 0.15) is 33.1 Å². The third-order valence-corrected chi connectivity index (χ3v) is 5.01. The summed E-state index contributed by atoms with van der Waals surface area (Å²) in [6.07, 6.45) is 2.49. The minimum Gasteiger partial charge on any atom is -0.480 e. The number of aliphatic carboxylic acids is 1. The van der Waals surface area contributed by atoms with Crippen LogP contribution in [-0.4, -0.2) is 50.5 Å². The van der Waals surface area contributed by atoms with Crippen molar-refractivity contribution in [3.8, 4) is 5.75 Å². The Morgan fingerprint density at radius 2 is 1.92 bits per heavy atom. The van der Waals surface area contributed by atoms with Crippen LogP contribution in [-0.2, 0) is 13.3 Å². The van der Waals surface area contributed by atoms with Crippen LogP contribution in [0.15, 0.2) is 18.2 Å². The SMILES string of the molecule is CC(=O)Nc1cccc(O)c1[As](=O)(O)O.CCCC[C@@H](N)C(=O)O. The summed E-state index contributed by atoms with van der Waals surface area (Å²) in [4.78, 5) is 20.8. The number of benzene rings is 1. The van der Waals surface area contributed by atoms with E-state index < -0.39 is 42.2 Å². The van der Waals surface area contributed by atoms with Crippen molar-refractivity contribution >= 4 is 36.1 Å². The van der Waals surface area contributed by atoms with Crippen molar-refractivity contribution in [2.75, 3.05) is 5.32 Å². The maximum absolute atomic E-state index is 11.1. The fourth-order valence-electron chi connectivity index (χ4n) is 1.68. The molecule has 10 heteroatoms. The van der Waals surface area contributed by atoms with Gasteiger partial charge >= 0.3 is 94.1 Å². The van der Waals surface area contributed by atoms with Gasteiger partial charge in [-0.25, -0.2) is 0 Å². The van der Waals surface area contributed by atoms with E-state index in [-0.39, 0.29) is 5.69 Å². The number of carbonyl (C=O) groups is 2. The number of rotatable bonds is 6. The first-order valence-electron chi connectivity index (χ1n) is 7.14. The van der Waals surface area contributed by atoms with E-state index in [0.29, 0.717) is 6.42 Å². The van der Waals surface area contributed by atoms with Crippen molar-refractivity contribution in [1.29, 1.82) is 0 Å². The molecule has 0 fully saturated rings. The first kappa shape index (κ1) is 22.2. The topological polar surface area (TPSA) is 170 Å². The molecule has 0 spiro atoms. The molecule has 1 aromatic carbocycles. The van der Waals surface area contributed by atoms with Gasteiger partial charge < -0.3 is 10.8 Å². The molecule has 0 heterocycles. The third kappa shape index (κ3) is 8.16. The number of aromatic hydroxyl groups is 1. The predicted molar refractivity (Wildman–Crippen MR) is 88.1 cm³/mol. The molecule has 0 saturated heterocycles. The molecule has 9 nitrogen and oxygen atoms in total. The largest absolute Gasteiger partial charge is 0.480 e. The molecular formula is C14H23AsN2O7. The number of unbranched alkanes of at least 4 members (excludes halogenated alkanes) is 1. The van der Waals surface area contributed by atoms with E-state index in [1.807, 2.05) is 6.92 Å². The van der Waals surface area contributed by atoms with Gasteiger partial charge in [0.25, 0.3) is 0 Å². The summed E-state index contributed by atoms with van der Waals surface area (Å²) < 4.78 is 28.6. The van der Waals surface area contributed by atoms with Gasteiger partial charge in [0.15, 0.2) is 0 Å². The monoisotopic (exact) mass is 406 g/mol. The average molecular weight is 406 g/mol. The fraction of sp³-hybridized carbons (Fsp3) is 0.429. The molecule has 0 aliphatic rings. The Labute approximate surface area is 142 Å². The Bertz CT molecular complexity index is 615. The van der Waals surface area contributed by atoms with Gasteiger partial charge in [0.05, 0.1) is 0 Å². The zero-order chi connectivity index (χ0) is 18.9. The van der Waals surface area contributed by atoms with Crippen molar-refractivity contribution in [3.05, 3.63) is 18.2 Å². The second-order valence-electron chi connectivity index (χ2n) is 4.99. The molecule has 24 heavy (non-hydrogen) atoms. The Morgan fingerprint density at radius 3 is 2.33 bits per heavy atom. The quantitative estimate of drug-likeness (QED) is 0.343. The number of hydrogen-bond donors (Lipinski definition) is 6. The maximum atomic E-state index is 11.1. The predicted octanol–water partition coefficient (Wildman–Crippen LogP) is -0.500. The van der Waals surface area contributed by atoms with E-state index >= 15 is 0 Å². The Balaban J connectivity index is 0.000000506. The fourth-order valence-corrected chi connectivity index (χ4v) is 3.39. The number of hydrogen-bond acceptors (Lipinski definition) is 5. The number of phenolic OH excluding ortho intramolecular Hbond substituents is 1. The Kier molecular flexibility index (Phi) is 9.38. The molecule has 136 valence electrons. The van der Waals surface area contributed by atoms with Crippen LogP contribution in [0, 0.1) is 0 Å². The second kappa shape index (κ2) is 10.1. The smallest absolute Gasteiger partial charge is 0.320 e. The molecule has 7 N–H and O–H groups in total. The summed E-state index contributed by atoms with van der Waals surface area (Å²) in [5.41, 5.74) is 5.14. The van der Waals surface area contributed by atoms with Gasteiger partial charge in [0.1, 0.15) is 6.04 Å². The minimum absolute atomic E-state index is 0.0602. The average Bonchev–Trinajstić information content (AvgIpc) is 2.43. The van der Waals surface area contributed by atoms with E-state index in [1.165, 1.54) is 19.1 Å². The molecule has 1 atom stereocenters. The summed E-state index contributed by atoms with van der Waals surface area (Å²) in [6, 6.07) is 3.19. The van der Waals surface area contributed by atoms with Crippen molar-refractivity contribution in [2.24, 2.45) is 5.73 Å². The number of carboxylic acid groups (broad SMARTS) is 1. The van der Waals surface area contributed by atoms with Gasteiger partial charge in [-0.1, -0.05) is 19.8 Å². The van der Waals surface area contributed by atoms with E-state index in [1.54, 1.807) is 0 Å². The summed E-state index contributed by atoms with van der Waals surface area (Å²) in [5.74, 6) is -1.89. The van der Waals surface area contributed by atoms with Crippen LogP contribution in [0.3, 0.4) is 0 Å². The molecule has 0 saturated carbocycles. The van der Waals surface area contributed by atoms with Gasteiger partial charge in [-0.3, -0.25) is 4.79 Å². The van der Waals surface area contributed by atoms with Crippen LogP contribution in [0.5, 0.6) is 5.75 Å². The molecule has 1 aromatic rings. The van der Waals surface area contributed by atoms with Gasteiger partial charge in [-0.15, -0.1) is 0 Å². The molecule has 1 rings (SSSR count). The van der Waals surface area contributed by atoms with Gasteiger partial charge in [0, 0.05) is 0 Å². The van der Waals surface area contributed by atoms with Crippen molar-refractivity contribution < 1.29 is 31.7 Å². The summed E-state index contributed by atoms with van der Waals surface area (Å²) in [6.45, 7) is 3.22. The normalized spacial score (nSPS) is 11.9. The van der Waals surface area contributed by atoms with E-state index in [9.17, 15) is 18.4 Å². The molecule has 1 amide bonds. The van der Waals surface area contributed by atoms with Crippen molar-refractivity contribution in [1.82, 2.24) is 0 Å². The molecule has 0 aliphatic carbocycles. The maximum Gasteiger partial charge on any atom is 0.320 e. The number of anilines is 1. The third-order valence-electron chi connectivity index (χ3n) is 2.80. The molecular weight excluding hydrogens is 383 g/mol. The van der Waals surface area contributed by atoms with Gasteiger partial charge in [0.2, 0.25) is 0 Å². The Hall–Kier alpha value is -1.80. The van der Waals surface area contributed by atoms with E-state index in [4.69, 9.17) is 19.0 Å². The van der Waals surface area contributed by atoms with Crippen molar-refractivity contribution in [3.63, 3.8) is 0 Å². The summed E-state index contributed by atoms with van der Waals surface area (Å²) in [5, 5.41) is 19.8. The number of nitrogens with one attached hydrogen (secondary N) is 1. The van der Waals surface area contributed by atoms with Gasteiger partial charge in [-0.05, 0) is 6.42 Å². The van der Waals surface area contributed by atoms with Crippen molar-refractivity contribution in [2.45, 2.75) is 39.2 Å². The molecule has 0 bridgehead atoms. The number of amides is 1. The van der Waals surface area contributed by atoms with Gasteiger partial charge in [-0.2, -0.15) is 0 Å². The minimum atomic E-state index is -5.25. The first-order valence-corrected chi connectivity index (χ1v) is 10.5. The molecule has 0 aliphatic heterocycles.